The van der Waals surface area contributed by atoms with Crippen LogP contribution in [0.15, 0.2) is 6.20 Å². The van der Waals surface area contributed by atoms with Gasteiger partial charge in [0.05, 0.1) is 13.3 Å². The van der Waals surface area contributed by atoms with Crippen LogP contribution >= 0.6 is 0 Å². The molecule has 1 aliphatic rings. The highest BCUT2D eigenvalue weighted by Crippen LogP contribution is 2.32. The second-order valence-corrected chi connectivity index (χ2v) is 3.92. The van der Waals surface area contributed by atoms with Gasteiger partial charge in [-0.1, -0.05) is 6.92 Å². The Morgan fingerprint density at radius 2 is 2.40 bits per heavy atom. The number of hydrogen-bond donors (Lipinski definition) is 2. The first-order valence-electron chi connectivity index (χ1n) is 5.24. The van der Waals surface area contributed by atoms with Crippen LogP contribution < -0.4 is 10.1 Å². The van der Waals surface area contributed by atoms with Gasteiger partial charge in [-0.2, -0.15) is 5.10 Å². The van der Waals surface area contributed by atoms with Crippen LogP contribution in [0.25, 0.3) is 0 Å². The molecule has 2 heterocycles. The van der Waals surface area contributed by atoms with Crippen LogP contribution in [0.2, 0.25) is 0 Å². The number of hydrogen-bond acceptors (Lipinski definition) is 4. The van der Waals surface area contributed by atoms with Gasteiger partial charge in [-0.3, -0.25) is 4.68 Å². The highest BCUT2D eigenvalue weighted by atomic mass is 16.5. The molecule has 84 valence electrons. The molecule has 5 nitrogen and oxygen atoms in total. The second kappa shape index (κ2) is 3.83. The molecule has 0 unspecified atom stereocenters. The van der Waals surface area contributed by atoms with Crippen LogP contribution in [0.4, 0.5) is 0 Å². The van der Waals surface area contributed by atoms with Crippen LogP contribution in [0.1, 0.15) is 19.0 Å². The zero-order chi connectivity index (χ0) is 10.9. The van der Waals surface area contributed by atoms with Gasteiger partial charge >= 0.3 is 0 Å². The highest BCUT2D eigenvalue weighted by Gasteiger charge is 2.41. The molecule has 5 heteroatoms. The third-order valence-electron chi connectivity index (χ3n) is 2.74. The lowest BCUT2D eigenvalue weighted by Crippen LogP contribution is -2.57. The number of rotatable bonds is 4. The Bertz CT molecular complexity index is 344. The third kappa shape index (κ3) is 1.61. The van der Waals surface area contributed by atoms with Crippen molar-refractivity contribution in [3.63, 3.8) is 0 Å². The maximum Gasteiger partial charge on any atom is 0.163 e. The first-order chi connectivity index (χ1) is 7.21. The molecule has 1 saturated heterocycles. The zero-order valence-corrected chi connectivity index (χ0v) is 9.16. The van der Waals surface area contributed by atoms with Crippen molar-refractivity contribution in [2.45, 2.75) is 25.5 Å². The van der Waals surface area contributed by atoms with Gasteiger partial charge in [0, 0.05) is 19.6 Å². The zero-order valence-electron chi connectivity index (χ0n) is 9.16. The fourth-order valence-corrected chi connectivity index (χ4v) is 1.90. The monoisotopic (exact) mass is 211 g/mol. The van der Waals surface area contributed by atoms with Crippen molar-refractivity contribution < 1.29 is 9.84 Å². The molecule has 0 aliphatic carbocycles. The van der Waals surface area contributed by atoms with Crippen LogP contribution in [0.3, 0.4) is 0 Å². The molecule has 0 spiro atoms. The van der Waals surface area contributed by atoms with E-state index >= 15 is 0 Å². The topological polar surface area (TPSA) is 59.3 Å². The molecular weight excluding hydrogens is 194 g/mol. The Kier molecular flexibility index (Phi) is 2.67. The number of nitrogens with one attached hydrogen (secondary N) is 1. The Hall–Kier alpha value is -1.07. The Morgan fingerprint density at radius 1 is 1.67 bits per heavy atom. The Morgan fingerprint density at radius 3 is 2.87 bits per heavy atom. The minimum absolute atomic E-state index is 0.568. The van der Waals surface area contributed by atoms with Crippen molar-refractivity contribution >= 4 is 0 Å². The Balaban J connectivity index is 2.36. The molecule has 0 saturated carbocycles. The highest BCUT2D eigenvalue weighted by molar-refractivity contribution is 5.33. The van der Waals surface area contributed by atoms with E-state index in [0.717, 1.165) is 18.7 Å². The molecule has 0 aromatic carbocycles. The fraction of sp³-hybridized carbons (Fsp3) is 0.700. The molecule has 1 aliphatic heterocycles. The van der Waals surface area contributed by atoms with Crippen LogP contribution in [0.5, 0.6) is 5.75 Å². The fourth-order valence-electron chi connectivity index (χ4n) is 1.90. The summed E-state index contributed by atoms with van der Waals surface area (Å²) in [6, 6.07) is 0. The van der Waals surface area contributed by atoms with Gasteiger partial charge in [-0.05, 0) is 6.42 Å². The van der Waals surface area contributed by atoms with Crippen LogP contribution in [-0.2, 0) is 12.1 Å². The standard InChI is InChI=1S/C10H17N3O2/c1-3-4-13-9(8(15-2)5-12-13)10(14)6-11-7-10/h5,11,14H,3-4,6-7H2,1-2H3. The van der Waals surface area contributed by atoms with Crippen LogP contribution in [-0.4, -0.2) is 35.1 Å². The molecular formula is C10H17N3O2. The number of β-amino-alcohol motifs (C(OH)–C–C–N with tert-alkyl or cyclic N) is 1. The minimum Gasteiger partial charge on any atom is -0.493 e. The van der Waals surface area contributed by atoms with Gasteiger partial charge in [-0.15, -0.1) is 0 Å². The predicted molar refractivity (Wildman–Crippen MR) is 55.8 cm³/mol. The minimum atomic E-state index is -0.809. The summed E-state index contributed by atoms with van der Waals surface area (Å²) in [6.45, 7) is 4.03. The third-order valence-corrected chi connectivity index (χ3v) is 2.74. The molecule has 0 radical (unpaired) electrons. The van der Waals surface area contributed by atoms with Crippen molar-refractivity contribution in [3.8, 4) is 5.75 Å². The molecule has 0 amide bonds. The largest absolute Gasteiger partial charge is 0.493 e. The molecule has 0 atom stereocenters. The number of aryl methyl sites for hydroxylation is 1. The maximum absolute atomic E-state index is 10.3. The summed E-state index contributed by atoms with van der Waals surface area (Å²) >= 11 is 0. The lowest BCUT2D eigenvalue weighted by molar-refractivity contribution is -0.0244. The van der Waals surface area contributed by atoms with Gasteiger partial charge in [-0.25, -0.2) is 0 Å². The van der Waals surface area contributed by atoms with Gasteiger partial charge < -0.3 is 15.2 Å². The normalized spacial score (nSPS) is 18.6. The summed E-state index contributed by atoms with van der Waals surface area (Å²) in [7, 11) is 1.60. The summed E-state index contributed by atoms with van der Waals surface area (Å²) < 4.78 is 7.06. The second-order valence-electron chi connectivity index (χ2n) is 3.92. The van der Waals surface area contributed by atoms with E-state index in [-0.39, 0.29) is 0 Å². The van der Waals surface area contributed by atoms with Crippen molar-refractivity contribution in [2.75, 3.05) is 20.2 Å². The van der Waals surface area contributed by atoms with Gasteiger partial charge in [0.1, 0.15) is 11.3 Å². The van der Waals surface area contributed by atoms with Gasteiger partial charge in [0.25, 0.3) is 0 Å². The molecule has 1 aromatic rings. The van der Waals surface area contributed by atoms with E-state index in [1.54, 1.807) is 13.3 Å². The first kappa shape index (κ1) is 10.4. The smallest absolute Gasteiger partial charge is 0.163 e. The van der Waals surface area contributed by atoms with Crippen molar-refractivity contribution in [3.05, 3.63) is 11.9 Å². The number of nitrogens with zero attached hydrogens (tertiary/aromatic N) is 2. The van der Waals surface area contributed by atoms with Crippen molar-refractivity contribution in [2.24, 2.45) is 0 Å². The molecule has 2 rings (SSSR count). The lowest BCUT2D eigenvalue weighted by Gasteiger charge is -2.38. The Labute approximate surface area is 89.0 Å². The molecule has 0 bridgehead atoms. The van der Waals surface area contributed by atoms with Crippen molar-refractivity contribution in [1.29, 1.82) is 0 Å². The first-order valence-corrected chi connectivity index (χ1v) is 5.24. The summed E-state index contributed by atoms with van der Waals surface area (Å²) in [5.74, 6) is 0.674. The van der Waals surface area contributed by atoms with E-state index in [1.807, 2.05) is 4.68 Å². The number of methoxy groups -OCH3 is 1. The number of ether oxygens (including phenoxy) is 1. The number of aromatic nitrogens is 2. The SMILES string of the molecule is CCCn1ncc(OC)c1C1(O)CNC1. The van der Waals surface area contributed by atoms with Gasteiger partial charge in [0.15, 0.2) is 5.75 Å². The lowest BCUT2D eigenvalue weighted by atomic mass is 9.92. The average Bonchev–Trinajstić information content (AvgIpc) is 2.58. The van der Waals surface area contributed by atoms with Gasteiger partial charge in [0.2, 0.25) is 0 Å². The van der Waals surface area contributed by atoms with E-state index in [0.29, 0.717) is 18.8 Å². The van der Waals surface area contributed by atoms with Crippen LogP contribution in [0, 0.1) is 0 Å². The number of aliphatic hydroxyl groups is 1. The quantitative estimate of drug-likeness (QED) is 0.741. The van der Waals surface area contributed by atoms with E-state index in [9.17, 15) is 5.11 Å². The molecule has 1 aromatic heterocycles. The summed E-state index contributed by atoms with van der Waals surface area (Å²) in [5, 5.41) is 17.6. The van der Waals surface area contributed by atoms with E-state index in [1.165, 1.54) is 0 Å². The predicted octanol–water partition coefficient (Wildman–Crippen LogP) is 0.0925. The maximum atomic E-state index is 10.3. The molecule has 2 N–H and O–H groups in total. The van der Waals surface area contributed by atoms with E-state index in [4.69, 9.17) is 4.74 Å². The summed E-state index contributed by atoms with van der Waals surface area (Å²) in [6.07, 6.45) is 2.66. The van der Waals surface area contributed by atoms with E-state index < -0.39 is 5.60 Å². The average molecular weight is 211 g/mol. The van der Waals surface area contributed by atoms with Crippen molar-refractivity contribution in [1.82, 2.24) is 15.1 Å². The van der Waals surface area contributed by atoms with E-state index in [2.05, 4.69) is 17.3 Å². The summed E-state index contributed by atoms with van der Waals surface area (Å²) in [4.78, 5) is 0. The summed E-state index contributed by atoms with van der Waals surface area (Å²) in [5.41, 5.74) is -0.0117. The molecule has 1 fully saturated rings. The molecule has 15 heavy (non-hydrogen) atoms.